The van der Waals surface area contributed by atoms with Gasteiger partial charge >= 0.3 is 0 Å². The van der Waals surface area contributed by atoms with E-state index in [0.717, 1.165) is 16.5 Å². The van der Waals surface area contributed by atoms with Gasteiger partial charge in [0.25, 0.3) is 0 Å². The summed E-state index contributed by atoms with van der Waals surface area (Å²) in [6.45, 7) is 2.02. The molecule has 3 rings (SSSR count). The van der Waals surface area contributed by atoms with Crippen LogP contribution in [-0.2, 0) is 0 Å². The van der Waals surface area contributed by atoms with Crippen LogP contribution in [-0.4, -0.2) is 10.8 Å². The van der Waals surface area contributed by atoms with Crippen molar-refractivity contribution in [3.8, 4) is 0 Å². The lowest BCUT2D eigenvalue weighted by atomic mass is 10.0. The van der Waals surface area contributed by atoms with Crippen LogP contribution in [0.2, 0.25) is 0 Å². The second-order valence-corrected chi connectivity index (χ2v) is 4.70. The molecule has 1 aromatic heterocycles. The van der Waals surface area contributed by atoms with Crippen LogP contribution < -0.4 is 5.73 Å². The van der Waals surface area contributed by atoms with E-state index in [-0.39, 0.29) is 5.78 Å². The number of aryl methyl sites for hydroxylation is 1. The zero-order valence-corrected chi connectivity index (χ0v) is 10.6. The Kier molecular flexibility index (Phi) is 2.60. The van der Waals surface area contributed by atoms with Crippen LogP contribution in [0.5, 0.6) is 0 Å². The number of carbonyl (C=O) groups excluding carboxylic acids is 1. The second-order valence-electron chi connectivity index (χ2n) is 4.70. The molecule has 0 amide bonds. The molecule has 0 spiro atoms. The summed E-state index contributed by atoms with van der Waals surface area (Å²) in [5.41, 5.74) is 9.76. The third-order valence-corrected chi connectivity index (χ3v) is 3.25. The van der Waals surface area contributed by atoms with E-state index in [9.17, 15) is 4.79 Å². The van der Waals surface area contributed by atoms with Crippen molar-refractivity contribution in [3.05, 3.63) is 65.4 Å². The Hall–Kier alpha value is -2.55. The molecule has 0 radical (unpaired) electrons. The molecule has 3 nitrogen and oxygen atoms in total. The number of nitrogens with one attached hydrogen (secondary N) is 1. The quantitative estimate of drug-likeness (QED) is 0.541. The highest BCUT2D eigenvalue weighted by atomic mass is 16.1. The number of nitrogen functional groups attached to an aromatic ring is 1. The number of hydrogen-bond acceptors (Lipinski definition) is 2. The van der Waals surface area contributed by atoms with E-state index in [2.05, 4.69) is 4.98 Å². The van der Waals surface area contributed by atoms with Crippen molar-refractivity contribution >= 4 is 22.4 Å². The lowest BCUT2D eigenvalue weighted by Crippen LogP contribution is -2.00. The minimum absolute atomic E-state index is 0.0110. The van der Waals surface area contributed by atoms with Crippen molar-refractivity contribution < 1.29 is 4.79 Å². The van der Waals surface area contributed by atoms with Crippen molar-refractivity contribution in [1.29, 1.82) is 0 Å². The van der Waals surface area contributed by atoms with Crippen molar-refractivity contribution in [2.24, 2.45) is 0 Å². The van der Waals surface area contributed by atoms with Gasteiger partial charge in [0.15, 0.2) is 5.78 Å². The maximum Gasteiger partial charge on any atom is 0.195 e. The van der Waals surface area contributed by atoms with Gasteiger partial charge in [-0.25, -0.2) is 0 Å². The van der Waals surface area contributed by atoms with E-state index >= 15 is 0 Å². The van der Waals surface area contributed by atoms with Crippen LogP contribution in [0.3, 0.4) is 0 Å². The van der Waals surface area contributed by atoms with Crippen LogP contribution in [0, 0.1) is 6.92 Å². The second kappa shape index (κ2) is 4.28. The normalized spacial score (nSPS) is 10.8. The molecule has 0 fully saturated rings. The molecule has 94 valence electrons. The van der Waals surface area contributed by atoms with E-state index in [1.807, 2.05) is 25.1 Å². The van der Waals surface area contributed by atoms with Crippen LogP contribution >= 0.6 is 0 Å². The van der Waals surface area contributed by atoms with E-state index in [4.69, 9.17) is 5.73 Å². The van der Waals surface area contributed by atoms with Gasteiger partial charge in [0.05, 0.1) is 0 Å². The van der Waals surface area contributed by atoms with Crippen LogP contribution in [0.1, 0.15) is 21.5 Å². The van der Waals surface area contributed by atoms with Crippen molar-refractivity contribution in [1.82, 2.24) is 4.98 Å². The first kappa shape index (κ1) is 11.5. The molecular formula is C16H14N2O. The van der Waals surface area contributed by atoms with Gasteiger partial charge in [0.1, 0.15) is 0 Å². The van der Waals surface area contributed by atoms with Gasteiger partial charge in [-0.15, -0.1) is 0 Å². The van der Waals surface area contributed by atoms with E-state index in [1.165, 1.54) is 0 Å². The SMILES string of the molecule is Cc1ccc2[nH]cc(C(=O)c3ccc(N)cc3)c2c1. The summed E-state index contributed by atoms with van der Waals surface area (Å²) in [7, 11) is 0. The van der Waals surface area contributed by atoms with Gasteiger partial charge in [0, 0.05) is 33.9 Å². The first-order valence-electron chi connectivity index (χ1n) is 6.13. The molecule has 1 heterocycles. The number of H-pyrrole nitrogens is 1. The number of rotatable bonds is 2. The average Bonchev–Trinajstić information content (AvgIpc) is 2.81. The van der Waals surface area contributed by atoms with Crippen LogP contribution in [0.25, 0.3) is 10.9 Å². The Balaban J connectivity index is 2.11. The third-order valence-electron chi connectivity index (χ3n) is 3.25. The lowest BCUT2D eigenvalue weighted by Gasteiger charge is -2.01. The molecule has 0 aliphatic heterocycles. The fraction of sp³-hybridized carbons (Fsp3) is 0.0625. The van der Waals surface area contributed by atoms with Gasteiger partial charge in [-0.05, 0) is 43.3 Å². The van der Waals surface area contributed by atoms with Gasteiger partial charge < -0.3 is 10.7 Å². The summed E-state index contributed by atoms with van der Waals surface area (Å²) < 4.78 is 0. The number of hydrogen-bond donors (Lipinski definition) is 2. The molecule has 0 saturated heterocycles. The highest BCUT2D eigenvalue weighted by Gasteiger charge is 2.13. The summed E-state index contributed by atoms with van der Waals surface area (Å²) in [5.74, 6) is 0.0110. The monoisotopic (exact) mass is 250 g/mol. The van der Waals surface area contributed by atoms with E-state index in [1.54, 1.807) is 30.5 Å². The molecular weight excluding hydrogens is 236 g/mol. The zero-order valence-electron chi connectivity index (χ0n) is 10.6. The maximum absolute atomic E-state index is 12.5. The fourth-order valence-corrected chi connectivity index (χ4v) is 2.21. The summed E-state index contributed by atoms with van der Waals surface area (Å²) in [6.07, 6.45) is 1.77. The fourth-order valence-electron chi connectivity index (χ4n) is 2.21. The summed E-state index contributed by atoms with van der Waals surface area (Å²) in [6, 6.07) is 13.0. The molecule has 0 atom stereocenters. The number of fused-ring (bicyclic) bond motifs is 1. The number of carbonyl (C=O) groups is 1. The van der Waals surface area contributed by atoms with Gasteiger partial charge in [0.2, 0.25) is 0 Å². The number of aromatic amines is 1. The highest BCUT2D eigenvalue weighted by molar-refractivity contribution is 6.16. The molecule has 3 N–H and O–H groups in total. The number of aromatic nitrogens is 1. The minimum Gasteiger partial charge on any atom is -0.399 e. The Morgan fingerprint density at radius 1 is 1.11 bits per heavy atom. The van der Waals surface area contributed by atoms with Crippen molar-refractivity contribution in [2.45, 2.75) is 6.92 Å². The number of nitrogens with two attached hydrogens (primary N) is 1. The molecule has 19 heavy (non-hydrogen) atoms. The van der Waals surface area contributed by atoms with Crippen molar-refractivity contribution in [3.63, 3.8) is 0 Å². The van der Waals surface area contributed by atoms with Crippen molar-refractivity contribution in [2.75, 3.05) is 5.73 Å². The number of benzene rings is 2. The Bertz CT molecular complexity index is 754. The molecule has 2 aromatic carbocycles. The Labute approximate surface area is 111 Å². The van der Waals surface area contributed by atoms with Crippen LogP contribution in [0.15, 0.2) is 48.7 Å². The topological polar surface area (TPSA) is 58.9 Å². The highest BCUT2D eigenvalue weighted by Crippen LogP contribution is 2.22. The molecule has 0 saturated carbocycles. The molecule has 0 bridgehead atoms. The summed E-state index contributed by atoms with van der Waals surface area (Å²) >= 11 is 0. The predicted molar refractivity (Wildman–Crippen MR) is 77.3 cm³/mol. The first-order valence-corrected chi connectivity index (χ1v) is 6.13. The minimum atomic E-state index is 0.0110. The first-order chi connectivity index (χ1) is 9.15. The largest absolute Gasteiger partial charge is 0.399 e. The van der Waals surface area contributed by atoms with E-state index < -0.39 is 0 Å². The maximum atomic E-state index is 12.5. The molecule has 3 heteroatoms. The molecule has 3 aromatic rings. The third kappa shape index (κ3) is 1.99. The summed E-state index contributed by atoms with van der Waals surface area (Å²) in [4.78, 5) is 15.6. The molecule has 0 unspecified atom stereocenters. The Morgan fingerprint density at radius 3 is 2.58 bits per heavy atom. The molecule has 0 aliphatic rings. The standard InChI is InChI=1S/C16H14N2O/c1-10-2-7-15-13(8-10)14(9-18-15)16(19)11-3-5-12(17)6-4-11/h2-9,18H,17H2,1H3. The summed E-state index contributed by atoms with van der Waals surface area (Å²) in [5, 5.41) is 0.960. The van der Waals surface area contributed by atoms with E-state index in [0.29, 0.717) is 16.8 Å². The number of anilines is 1. The number of ketones is 1. The Morgan fingerprint density at radius 2 is 1.84 bits per heavy atom. The zero-order chi connectivity index (χ0) is 13.4. The lowest BCUT2D eigenvalue weighted by molar-refractivity contribution is 0.104. The average molecular weight is 250 g/mol. The predicted octanol–water partition coefficient (Wildman–Crippen LogP) is 3.29. The van der Waals surface area contributed by atoms with Gasteiger partial charge in [-0.3, -0.25) is 4.79 Å². The van der Waals surface area contributed by atoms with Gasteiger partial charge in [-0.2, -0.15) is 0 Å². The molecule has 0 aliphatic carbocycles. The smallest absolute Gasteiger partial charge is 0.195 e. The van der Waals surface area contributed by atoms with Gasteiger partial charge in [-0.1, -0.05) is 11.6 Å². The van der Waals surface area contributed by atoms with Crippen LogP contribution in [0.4, 0.5) is 5.69 Å².